The van der Waals surface area contributed by atoms with Gasteiger partial charge in [-0.3, -0.25) is 0 Å². The van der Waals surface area contributed by atoms with Gasteiger partial charge in [-0.15, -0.1) is 0 Å². The van der Waals surface area contributed by atoms with Gasteiger partial charge in [0.05, 0.1) is 5.97 Å². The monoisotopic (exact) mass is 288 g/mol. The zero-order valence-corrected chi connectivity index (χ0v) is 11.3. The topological polar surface area (TPSA) is 86.3 Å². The molecule has 1 aromatic carbocycles. The second-order valence-corrected chi connectivity index (χ2v) is 5.77. The average Bonchev–Trinajstić information content (AvgIpc) is 2.34. The summed E-state index contributed by atoms with van der Waals surface area (Å²) >= 11 is 0. The standard InChI is InChI=1S/C12H16FNO4S/c1-2-3-4-7-14-19(17,18)11-8-9(12(15)16)5-6-10(11)13/h5-6,8,14H,2-4,7H2,1H3,(H,15,16)/p-1. The molecule has 19 heavy (non-hydrogen) atoms. The maximum absolute atomic E-state index is 13.5. The van der Waals surface area contributed by atoms with Gasteiger partial charge in [-0.1, -0.05) is 25.8 Å². The molecule has 0 unspecified atom stereocenters. The summed E-state index contributed by atoms with van der Waals surface area (Å²) < 4.78 is 39.4. The number of carboxylic acid groups (broad SMARTS) is 1. The Bertz CT molecular complexity index is 557. The van der Waals surface area contributed by atoms with Crippen LogP contribution < -0.4 is 9.83 Å². The molecule has 0 radical (unpaired) electrons. The van der Waals surface area contributed by atoms with Crippen LogP contribution in [0, 0.1) is 5.82 Å². The van der Waals surface area contributed by atoms with Crippen molar-refractivity contribution >= 4 is 16.0 Å². The van der Waals surface area contributed by atoms with Gasteiger partial charge in [-0.2, -0.15) is 0 Å². The van der Waals surface area contributed by atoms with Crippen molar-refractivity contribution in [3.05, 3.63) is 29.6 Å². The van der Waals surface area contributed by atoms with Crippen LogP contribution in [-0.2, 0) is 10.0 Å². The van der Waals surface area contributed by atoms with E-state index < -0.39 is 26.7 Å². The highest BCUT2D eigenvalue weighted by Crippen LogP contribution is 2.16. The zero-order chi connectivity index (χ0) is 14.5. The van der Waals surface area contributed by atoms with Gasteiger partial charge in [-0.05, 0) is 24.1 Å². The molecule has 1 rings (SSSR count). The van der Waals surface area contributed by atoms with E-state index in [2.05, 4.69) is 4.72 Å². The number of benzene rings is 1. The van der Waals surface area contributed by atoms with E-state index in [1.54, 1.807) is 0 Å². The molecular weight excluding hydrogens is 273 g/mol. The number of carbonyl (C=O) groups excluding carboxylic acids is 1. The largest absolute Gasteiger partial charge is 0.545 e. The number of halogens is 1. The van der Waals surface area contributed by atoms with E-state index >= 15 is 0 Å². The van der Waals surface area contributed by atoms with Crippen molar-refractivity contribution in [3.8, 4) is 0 Å². The zero-order valence-electron chi connectivity index (χ0n) is 10.5. The third-order valence-electron chi connectivity index (χ3n) is 2.53. The molecule has 0 spiro atoms. The number of hydrogen-bond acceptors (Lipinski definition) is 4. The Labute approximate surface area is 111 Å². The maximum atomic E-state index is 13.5. The van der Waals surface area contributed by atoms with Crippen LogP contribution in [0.4, 0.5) is 4.39 Å². The first kappa shape index (κ1) is 15.6. The number of hydrogen-bond donors (Lipinski definition) is 1. The van der Waals surface area contributed by atoms with Crippen molar-refractivity contribution < 1.29 is 22.7 Å². The van der Waals surface area contributed by atoms with Crippen LogP contribution in [0.2, 0.25) is 0 Å². The summed E-state index contributed by atoms with van der Waals surface area (Å²) in [6, 6.07) is 2.51. The number of carboxylic acids is 1. The number of carbonyl (C=O) groups is 1. The van der Waals surface area contributed by atoms with Crippen molar-refractivity contribution in [1.29, 1.82) is 0 Å². The van der Waals surface area contributed by atoms with E-state index in [0.29, 0.717) is 6.42 Å². The Morgan fingerprint density at radius 2 is 2.05 bits per heavy atom. The minimum Gasteiger partial charge on any atom is -0.545 e. The Kier molecular flexibility index (Phi) is 5.44. The third-order valence-corrected chi connectivity index (χ3v) is 4.00. The molecule has 106 valence electrons. The molecule has 1 aromatic rings. The van der Waals surface area contributed by atoms with Gasteiger partial charge in [0.2, 0.25) is 10.0 Å². The number of aromatic carboxylic acids is 1. The highest BCUT2D eigenvalue weighted by molar-refractivity contribution is 7.89. The first-order chi connectivity index (χ1) is 8.88. The van der Waals surface area contributed by atoms with Crippen molar-refractivity contribution in [2.75, 3.05) is 6.54 Å². The van der Waals surface area contributed by atoms with Crippen molar-refractivity contribution in [1.82, 2.24) is 4.72 Å². The van der Waals surface area contributed by atoms with Crippen LogP contribution in [0.15, 0.2) is 23.1 Å². The third kappa shape index (κ3) is 4.29. The fraction of sp³-hybridized carbons (Fsp3) is 0.417. The van der Waals surface area contributed by atoms with E-state index in [1.807, 2.05) is 6.92 Å². The second-order valence-electron chi connectivity index (χ2n) is 4.04. The van der Waals surface area contributed by atoms with Crippen LogP contribution in [0.25, 0.3) is 0 Å². The lowest BCUT2D eigenvalue weighted by Gasteiger charge is -2.09. The molecule has 0 aliphatic rings. The first-order valence-corrected chi connectivity index (χ1v) is 7.37. The predicted octanol–water partition coefficient (Wildman–Crippen LogP) is 0.658. The Balaban J connectivity index is 2.94. The summed E-state index contributed by atoms with van der Waals surface area (Å²) in [5.74, 6) is -2.55. The Morgan fingerprint density at radius 1 is 1.37 bits per heavy atom. The van der Waals surface area contributed by atoms with E-state index in [1.165, 1.54) is 0 Å². The van der Waals surface area contributed by atoms with Crippen molar-refractivity contribution in [3.63, 3.8) is 0 Å². The normalized spacial score (nSPS) is 11.5. The summed E-state index contributed by atoms with van der Waals surface area (Å²) in [6.07, 6.45) is 2.41. The summed E-state index contributed by atoms with van der Waals surface area (Å²) in [4.78, 5) is 9.97. The molecule has 0 saturated heterocycles. The molecule has 0 heterocycles. The fourth-order valence-electron chi connectivity index (χ4n) is 1.50. The molecule has 5 nitrogen and oxygen atoms in total. The van der Waals surface area contributed by atoms with Gasteiger partial charge in [0.25, 0.3) is 0 Å². The second kappa shape index (κ2) is 6.63. The fourth-order valence-corrected chi connectivity index (χ4v) is 2.67. The van der Waals surface area contributed by atoms with E-state index in [9.17, 15) is 22.7 Å². The van der Waals surface area contributed by atoms with Gasteiger partial charge in [0, 0.05) is 6.54 Å². The van der Waals surface area contributed by atoms with Crippen LogP contribution in [-0.4, -0.2) is 20.9 Å². The van der Waals surface area contributed by atoms with Gasteiger partial charge in [0.15, 0.2) is 0 Å². The molecule has 0 atom stereocenters. The van der Waals surface area contributed by atoms with E-state index in [0.717, 1.165) is 31.0 Å². The predicted molar refractivity (Wildman–Crippen MR) is 65.4 cm³/mol. The highest BCUT2D eigenvalue weighted by atomic mass is 32.2. The molecular formula is C12H15FNO4S-. The molecule has 0 amide bonds. The van der Waals surface area contributed by atoms with Gasteiger partial charge >= 0.3 is 0 Å². The first-order valence-electron chi connectivity index (χ1n) is 5.89. The Hall–Kier alpha value is -1.47. The molecule has 0 aliphatic heterocycles. The summed E-state index contributed by atoms with van der Waals surface area (Å²) in [5.41, 5.74) is -0.379. The smallest absolute Gasteiger partial charge is 0.243 e. The highest BCUT2D eigenvalue weighted by Gasteiger charge is 2.19. The molecule has 1 N–H and O–H groups in total. The lowest BCUT2D eigenvalue weighted by atomic mass is 10.2. The van der Waals surface area contributed by atoms with Gasteiger partial charge in [-0.25, -0.2) is 17.5 Å². The molecule has 0 aliphatic carbocycles. The van der Waals surface area contributed by atoms with Crippen LogP contribution in [0.5, 0.6) is 0 Å². The van der Waals surface area contributed by atoms with E-state index in [4.69, 9.17) is 0 Å². The summed E-state index contributed by atoms with van der Waals surface area (Å²) in [5, 5.41) is 10.6. The van der Waals surface area contributed by atoms with Crippen LogP contribution in [0.3, 0.4) is 0 Å². The molecule has 0 aromatic heterocycles. The number of unbranched alkanes of at least 4 members (excludes halogenated alkanes) is 2. The SMILES string of the molecule is CCCCCNS(=O)(=O)c1cc(C(=O)[O-])ccc1F. The average molecular weight is 288 g/mol. The van der Waals surface area contributed by atoms with E-state index in [-0.39, 0.29) is 12.1 Å². The summed E-state index contributed by atoms with van der Waals surface area (Å²) in [7, 11) is -4.04. The maximum Gasteiger partial charge on any atom is 0.243 e. The molecule has 0 bridgehead atoms. The summed E-state index contributed by atoms with van der Waals surface area (Å²) in [6.45, 7) is 2.16. The van der Waals surface area contributed by atoms with Crippen LogP contribution in [0.1, 0.15) is 36.5 Å². The lowest BCUT2D eigenvalue weighted by Crippen LogP contribution is -2.27. The van der Waals surface area contributed by atoms with Crippen LogP contribution >= 0.6 is 0 Å². The van der Waals surface area contributed by atoms with Crippen molar-refractivity contribution in [2.45, 2.75) is 31.1 Å². The minimum absolute atomic E-state index is 0.186. The van der Waals surface area contributed by atoms with Gasteiger partial charge < -0.3 is 9.90 Å². The lowest BCUT2D eigenvalue weighted by molar-refractivity contribution is -0.255. The molecule has 7 heteroatoms. The number of rotatable bonds is 7. The number of nitrogens with one attached hydrogen (secondary N) is 1. The quantitative estimate of drug-likeness (QED) is 0.747. The Morgan fingerprint density at radius 3 is 2.63 bits per heavy atom. The molecule has 0 fully saturated rings. The van der Waals surface area contributed by atoms with Gasteiger partial charge in [0.1, 0.15) is 10.7 Å². The van der Waals surface area contributed by atoms with Crippen molar-refractivity contribution in [2.24, 2.45) is 0 Å². The molecule has 0 saturated carbocycles. The number of sulfonamides is 1. The minimum atomic E-state index is -4.04.